The summed E-state index contributed by atoms with van der Waals surface area (Å²) in [7, 11) is 0. The van der Waals surface area contributed by atoms with Gasteiger partial charge in [-0.3, -0.25) is 4.79 Å². The van der Waals surface area contributed by atoms with Gasteiger partial charge in [0.15, 0.2) is 29.6 Å². The van der Waals surface area contributed by atoms with Crippen molar-refractivity contribution < 1.29 is 23.8 Å². The molecule has 1 aromatic carbocycles. The summed E-state index contributed by atoms with van der Waals surface area (Å²) >= 11 is 2.92. The van der Waals surface area contributed by atoms with E-state index >= 15 is 0 Å². The maximum atomic E-state index is 12.4. The van der Waals surface area contributed by atoms with Gasteiger partial charge >= 0.3 is 5.97 Å². The summed E-state index contributed by atoms with van der Waals surface area (Å²) in [6.45, 7) is 0.763. The van der Waals surface area contributed by atoms with E-state index in [1.807, 2.05) is 17.5 Å². The summed E-state index contributed by atoms with van der Waals surface area (Å²) in [5, 5.41) is 4.34. The molecular formula is C19H15NO5S2. The predicted octanol–water partition coefficient (Wildman–Crippen LogP) is 4.07. The Balaban J connectivity index is 1.39. The minimum Gasteiger partial charge on any atom is -0.490 e. The zero-order valence-electron chi connectivity index (χ0n) is 14.2. The quantitative estimate of drug-likeness (QED) is 0.474. The van der Waals surface area contributed by atoms with Crippen LogP contribution in [0.5, 0.6) is 11.5 Å². The van der Waals surface area contributed by atoms with Crippen LogP contribution in [0.3, 0.4) is 0 Å². The zero-order chi connectivity index (χ0) is 18.6. The molecule has 6 nitrogen and oxygen atoms in total. The summed E-state index contributed by atoms with van der Waals surface area (Å²) in [5.41, 5.74) is 0.611. The van der Waals surface area contributed by atoms with Crippen LogP contribution in [0.25, 0.3) is 9.88 Å². The molecule has 1 aliphatic rings. The molecule has 2 aromatic heterocycles. The lowest BCUT2D eigenvalue weighted by Crippen LogP contribution is -2.14. The van der Waals surface area contributed by atoms with Gasteiger partial charge in [0.1, 0.15) is 5.01 Å². The third-order valence-electron chi connectivity index (χ3n) is 3.85. The molecule has 0 amide bonds. The molecule has 0 atom stereocenters. The number of aromatic nitrogens is 1. The highest BCUT2D eigenvalue weighted by Gasteiger charge is 2.18. The first kappa shape index (κ1) is 17.7. The van der Waals surface area contributed by atoms with Crippen molar-refractivity contribution >= 4 is 34.4 Å². The van der Waals surface area contributed by atoms with E-state index in [2.05, 4.69) is 4.98 Å². The van der Waals surface area contributed by atoms with Crippen molar-refractivity contribution in [2.75, 3.05) is 19.8 Å². The van der Waals surface area contributed by atoms with E-state index in [1.54, 1.807) is 34.9 Å². The van der Waals surface area contributed by atoms with Crippen molar-refractivity contribution in [1.29, 1.82) is 0 Å². The Bertz CT molecular complexity index is 964. The molecular weight excluding hydrogens is 386 g/mol. The smallest absolute Gasteiger partial charge is 0.358 e. The number of thiazole rings is 1. The number of benzene rings is 1. The summed E-state index contributed by atoms with van der Waals surface area (Å²) < 4.78 is 16.3. The Labute approximate surface area is 163 Å². The minimum absolute atomic E-state index is 0.204. The fourth-order valence-corrected chi connectivity index (χ4v) is 4.11. The molecule has 0 radical (unpaired) electrons. The molecule has 0 fully saturated rings. The molecule has 8 heteroatoms. The molecule has 0 spiro atoms. The number of fused-ring (bicyclic) bond motifs is 1. The molecule has 3 aromatic rings. The van der Waals surface area contributed by atoms with Gasteiger partial charge in [-0.25, -0.2) is 9.78 Å². The van der Waals surface area contributed by atoms with E-state index in [9.17, 15) is 9.59 Å². The van der Waals surface area contributed by atoms with Crippen molar-refractivity contribution in [2.24, 2.45) is 0 Å². The van der Waals surface area contributed by atoms with Gasteiger partial charge in [-0.15, -0.1) is 22.7 Å². The number of esters is 1. The number of ether oxygens (including phenoxy) is 3. The average Bonchev–Trinajstić information content (AvgIpc) is 3.33. The molecule has 0 saturated heterocycles. The largest absolute Gasteiger partial charge is 0.490 e. The topological polar surface area (TPSA) is 74.7 Å². The third kappa shape index (κ3) is 4.01. The van der Waals surface area contributed by atoms with Crippen molar-refractivity contribution in [1.82, 2.24) is 4.98 Å². The minimum atomic E-state index is -0.614. The molecule has 4 rings (SSSR count). The molecule has 0 unspecified atom stereocenters. The van der Waals surface area contributed by atoms with Gasteiger partial charge in [-0.1, -0.05) is 6.07 Å². The summed E-state index contributed by atoms with van der Waals surface area (Å²) in [6.07, 6.45) is 0.788. The molecule has 0 aliphatic carbocycles. The maximum Gasteiger partial charge on any atom is 0.358 e. The summed E-state index contributed by atoms with van der Waals surface area (Å²) in [4.78, 5) is 29.8. The van der Waals surface area contributed by atoms with Crippen molar-refractivity contribution in [2.45, 2.75) is 6.42 Å². The Kier molecular flexibility index (Phi) is 5.17. The van der Waals surface area contributed by atoms with E-state index in [4.69, 9.17) is 14.2 Å². The monoisotopic (exact) mass is 401 g/mol. The molecule has 27 heavy (non-hydrogen) atoms. The van der Waals surface area contributed by atoms with Gasteiger partial charge < -0.3 is 14.2 Å². The van der Waals surface area contributed by atoms with E-state index in [0.717, 1.165) is 16.3 Å². The van der Waals surface area contributed by atoms with Crippen LogP contribution in [0.1, 0.15) is 27.3 Å². The Morgan fingerprint density at radius 2 is 1.96 bits per heavy atom. The Morgan fingerprint density at radius 1 is 1.11 bits per heavy atom. The molecule has 0 bridgehead atoms. The van der Waals surface area contributed by atoms with Crippen LogP contribution in [0.2, 0.25) is 0 Å². The Morgan fingerprint density at radius 3 is 2.78 bits per heavy atom. The number of ketones is 1. The SMILES string of the molecule is O=C(COC(=O)c1csc(-c2cccs2)n1)c1ccc2c(c1)OCCCO2. The number of carbonyl (C=O) groups excluding carboxylic acids is 2. The molecule has 1 aliphatic heterocycles. The summed E-state index contributed by atoms with van der Waals surface area (Å²) in [5.74, 6) is 0.221. The first-order chi connectivity index (χ1) is 13.2. The lowest BCUT2D eigenvalue weighted by molar-refractivity contribution is 0.0470. The van der Waals surface area contributed by atoms with Crippen LogP contribution in [0.15, 0.2) is 41.1 Å². The number of thiophene rings is 1. The number of rotatable bonds is 5. The molecule has 3 heterocycles. The first-order valence-corrected chi connectivity index (χ1v) is 10.1. The fourth-order valence-electron chi connectivity index (χ4n) is 2.51. The maximum absolute atomic E-state index is 12.4. The number of hydrogen-bond donors (Lipinski definition) is 0. The van der Waals surface area contributed by atoms with Crippen LogP contribution < -0.4 is 9.47 Å². The van der Waals surface area contributed by atoms with Gasteiger partial charge in [0, 0.05) is 17.4 Å². The van der Waals surface area contributed by atoms with Crippen LogP contribution in [-0.2, 0) is 4.74 Å². The highest BCUT2D eigenvalue weighted by Crippen LogP contribution is 2.31. The first-order valence-electron chi connectivity index (χ1n) is 8.30. The van der Waals surface area contributed by atoms with Crippen molar-refractivity contribution in [3.63, 3.8) is 0 Å². The lowest BCUT2D eigenvalue weighted by Gasteiger charge is -2.09. The lowest BCUT2D eigenvalue weighted by atomic mass is 10.1. The Hall–Kier alpha value is -2.71. The molecule has 0 saturated carbocycles. The van der Waals surface area contributed by atoms with Crippen LogP contribution in [0.4, 0.5) is 0 Å². The highest BCUT2D eigenvalue weighted by atomic mass is 32.1. The van der Waals surface area contributed by atoms with Gasteiger partial charge in [0.05, 0.1) is 18.1 Å². The highest BCUT2D eigenvalue weighted by molar-refractivity contribution is 7.20. The van der Waals surface area contributed by atoms with E-state index in [-0.39, 0.29) is 18.1 Å². The van der Waals surface area contributed by atoms with Gasteiger partial charge in [0.2, 0.25) is 0 Å². The number of nitrogens with zero attached hydrogens (tertiary/aromatic N) is 1. The number of hydrogen-bond acceptors (Lipinski definition) is 8. The molecule has 0 N–H and O–H groups in total. The van der Waals surface area contributed by atoms with E-state index in [1.165, 1.54) is 11.3 Å². The van der Waals surface area contributed by atoms with Crippen LogP contribution in [-0.4, -0.2) is 36.6 Å². The van der Waals surface area contributed by atoms with Crippen LogP contribution in [0, 0.1) is 0 Å². The van der Waals surface area contributed by atoms with E-state index in [0.29, 0.717) is 30.3 Å². The molecule has 138 valence electrons. The second-order valence-electron chi connectivity index (χ2n) is 5.73. The van der Waals surface area contributed by atoms with Crippen LogP contribution >= 0.6 is 22.7 Å². The normalized spacial score (nSPS) is 13.0. The second kappa shape index (κ2) is 7.89. The van der Waals surface area contributed by atoms with Crippen molar-refractivity contribution in [3.05, 3.63) is 52.3 Å². The van der Waals surface area contributed by atoms with Gasteiger partial charge in [-0.05, 0) is 29.6 Å². The average molecular weight is 401 g/mol. The number of Topliss-reactive ketones (excluding diaryl/α,β-unsaturated/α-hetero) is 1. The third-order valence-corrected chi connectivity index (χ3v) is 5.73. The fraction of sp³-hybridized carbons (Fsp3) is 0.211. The standard InChI is InChI=1S/C19H15NO5S2/c21-14(12-4-5-15-16(9-12)24-7-2-6-23-15)10-25-19(22)13-11-27-18(20-13)17-3-1-8-26-17/h1,3-5,8-9,11H,2,6-7,10H2. The number of carbonyl (C=O) groups is 2. The van der Waals surface area contributed by atoms with Gasteiger partial charge in [0.25, 0.3) is 0 Å². The van der Waals surface area contributed by atoms with E-state index < -0.39 is 5.97 Å². The zero-order valence-corrected chi connectivity index (χ0v) is 15.8. The summed E-state index contributed by atoms with van der Waals surface area (Å²) in [6, 6.07) is 8.82. The van der Waals surface area contributed by atoms with Gasteiger partial charge in [-0.2, -0.15) is 0 Å². The predicted molar refractivity (Wildman–Crippen MR) is 102 cm³/mol. The second-order valence-corrected chi connectivity index (χ2v) is 7.53. The van der Waals surface area contributed by atoms with Crippen molar-refractivity contribution in [3.8, 4) is 21.4 Å².